The van der Waals surface area contributed by atoms with Gasteiger partial charge in [-0.3, -0.25) is 4.79 Å². The average Bonchev–Trinajstić information content (AvgIpc) is 2.43. The largest absolute Gasteiger partial charge is 0.508 e. The smallest absolute Gasteiger partial charge is 0.255 e. The van der Waals surface area contributed by atoms with E-state index in [0.29, 0.717) is 11.3 Å². The number of rotatable bonds is 3. The highest BCUT2D eigenvalue weighted by molar-refractivity contribution is 6.05. The summed E-state index contributed by atoms with van der Waals surface area (Å²) in [7, 11) is 0. The fraction of sp³-hybridized carbons (Fsp3) is 0.188. The summed E-state index contributed by atoms with van der Waals surface area (Å²) < 4.78 is 0. The second kappa shape index (κ2) is 5.57. The van der Waals surface area contributed by atoms with Gasteiger partial charge in [0.1, 0.15) is 5.75 Å². The summed E-state index contributed by atoms with van der Waals surface area (Å²) in [6, 6.07) is 12.6. The van der Waals surface area contributed by atoms with Gasteiger partial charge in [0.25, 0.3) is 5.91 Å². The third-order valence-electron chi connectivity index (χ3n) is 3.11. The van der Waals surface area contributed by atoms with E-state index < -0.39 is 0 Å². The summed E-state index contributed by atoms with van der Waals surface area (Å²) in [5.74, 6) is 0.0299. The van der Waals surface area contributed by atoms with Crippen LogP contribution in [0.5, 0.6) is 5.75 Å². The zero-order valence-corrected chi connectivity index (χ0v) is 11.1. The molecule has 2 aromatic carbocycles. The van der Waals surface area contributed by atoms with Crippen molar-refractivity contribution in [2.24, 2.45) is 0 Å². The van der Waals surface area contributed by atoms with Crippen molar-refractivity contribution in [2.45, 2.75) is 20.3 Å². The summed E-state index contributed by atoms with van der Waals surface area (Å²) in [5, 5.41) is 12.4. The summed E-state index contributed by atoms with van der Waals surface area (Å²) in [6.07, 6.45) is 0.808. The highest BCUT2D eigenvalue weighted by Crippen LogP contribution is 2.21. The Morgan fingerprint density at radius 1 is 1.21 bits per heavy atom. The first-order chi connectivity index (χ1) is 9.11. The molecule has 1 amide bonds. The number of phenols is 1. The quantitative estimate of drug-likeness (QED) is 0.881. The standard InChI is InChI=1S/C16H17NO2/c1-3-12-6-4-5-7-14(12)16(19)17-13-9-8-11(2)15(18)10-13/h4-10,18H,3H2,1-2H3,(H,17,19). The lowest BCUT2D eigenvalue weighted by atomic mass is 10.0. The van der Waals surface area contributed by atoms with E-state index >= 15 is 0 Å². The van der Waals surface area contributed by atoms with Gasteiger partial charge in [-0.05, 0) is 36.6 Å². The number of phenolic OH excluding ortho intramolecular Hbond substituents is 1. The van der Waals surface area contributed by atoms with Crippen molar-refractivity contribution in [3.63, 3.8) is 0 Å². The van der Waals surface area contributed by atoms with E-state index in [2.05, 4.69) is 5.32 Å². The minimum absolute atomic E-state index is 0.152. The normalized spacial score (nSPS) is 10.2. The number of anilines is 1. The molecule has 0 radical (unpaired) electrons. The molecular weight excluding hydrogens is 238 g/mol. The summed E-state index contributed by atoms with van der Waals surface area (Å²) in [4.78, 5) is 12.2. The van der Waals surface area contributed by atoms with Crippen LogP contribution in [0.15, 0.2) is 42.5 Å². The number of aryl methyl sites for hydroxylation is 2. The molecule has 3 heteroatoms. The van der Waals surface area contributed by atoms with Crippen molar-refractivity contribution < 1.29 is 9.90 Å². The van der Waals surface area contributed by atoms with Crippen molar-refractivity contribution >= 4 is 11.6 Å². The number of amides is 1. The lowest BCUT2D eigenvalue weighted by Gasteiger charge is -2.09. The summed E-state index contributed by atoms with van der Waals surface area (Å²) in [6.45, 7) is 3.83. The molecule has 0 aliphatic rings. The molecule has 2 rings (SSSR count). The average molecular weight is 255 g/mol. The van der Waals surface area contributed by atoms with Gasteiger partial charge in [0.2, 0.25) is 0 Å². The molecule has 0 unspecified atom stereocenters. The van der Waals surface area contributed by atoms with Crippen LogP contribution >= 0.6 is 0 Å². The summed E-state index contributed by atoms with van der Waals surface area (Å²) >= 11 is 0. The van der Waals surface area contributed by atoms with Crippen molar-refractivity contribution in [3.8, 4) is 5.75 Å². The zero-order valence-electron chi connectivity index (χ0n) is 11.1. The number of aromatic hydroxyl groups is 1. The van der Waals surface area contributed by atoms with E-state index in [-0.39, 0.29) is 11.7 Å². The van der Waals surface area contributed by atoms with Gasteiger partial charge in [-0.2, -0.15) is 0 Å². The first-order valence-corrected chi connectivity index (χ1v) is 6.30. The number of benzene rings is 2. The fourth-order valence-electron chi connectivity index (χ4n) is 1.94. The van der Waals surface area contributed by atoms with Crippen LogP contribution in [0.25, 0.3) is 0 Å². The number of hydrogen-bond donors (Lipinski definition) is 2. The van der Waals surface area contributed by atoms with E-state index in [0.717, 1.165) is 17.5 Å². The molecule has 0 heterocycles. The molecule has 98 valence electrons. The van der Waals surface area contributed by atoms with Gasteiger partial charge in [-0.1, -0.05) is 31.2 Å². The van der Waals surface area contributed by atoms with Crippen LogP contribution in [0, 0.1) is 6.92 Å². The minimum atomic E-state index is -0.152. The highest BCUT2D eigenvalue weighted by atomic mass is 16.3. The van der Waals surface area contributed by atoms with Crippen LogP contribution < -0.4 is 5.32 Å². The molecule has 0 bridgehead atoms. The van der Waals surface area contributed by atoms with Gasteiger partial charge in [-0.25, -0.2) is 0 Å². The third kappa shape index (κ3) is 2.94. The van der Waals surface area contributed by atoms with Crippen molar-refractivity contribution in [1.29, 1.82) is 0 Å². The molecule has 0 aliphatic carbocycles. The van der Waals surface area contributed by atoms with Gasteiger partial charge in [0, 0.05) is 17.3 Å². The van der Waals surface area contributed by atoms with Gasteiger partial charge in [0.15, 0.2) is 0 Å². The lowest BCUT2D eigenvalue weighted by Crippen LogP contribution is -2.14. The first-order valence-electron chi connectivity index (χ1n) is 6.30. The maximum absolute atomic E-state index is 12.2. The van der Waals surface area contributed by atoms with Gasteiger partial charge >= 0.3 is 0 Å². The Morgan fingerprint density at radius 3 is 2.63 bits per heavy atom. The van der Waals surface area contributed by atoms with E-state index in [1.165, 1.54) is 0 Å². The molecular formula is C16H17NO2. The van der Waals surface area contributed by atoms with Gasteiger partial charge < -0.3 is 10.4 Å². The predicted molar refractivity (Wildman–Crippen MR) is 76.6 cm³/mol. The number of carbonyl (C=O) groups excluding carboxylic acids is 1. The fourth-order valence-corrected chi connectivity index (χ4v) is 1.94. The van der Waals surface area contributed by atoms with E-state index in [1.807, 2.05) is 38.1 Å². The molecule has 0 spiro atoms. The second-order valence-electron chi connectivity index (χ2n) is 4.47. The summed E-state index contributed by atoms with van der Waals surface area (Å²) in [5.41, 5.74) is 3.06. The van der Waals surface area contributed by atoms with Crippen LogP contribution in [0.4, 0.5) is 5.69 Å². The van der Waals surface area contributed by atoms with E-state index in [4.69, 9.17) is 0 Å². The Kier molecular flexibility index (Phi) is 3.85. The molecule has 2 aromatic rings. The van der Waals surface area contributed by atoms with Crippen LogP contribution in [-0.2, 0) is 6.42 Å². The Morgan fingerprint density at radius 2 is 1.95 bits per heavy atom. The molecule has 0 fully saturated rings. The predicted octanol–water partition coefficient (Wildman–Crippen LogP) is 3.52. The number of nitrogens with one attached hydrogen (secondary N) is 1. The molecule has 2 N–H and O–H groups in total. The molecule has 0 aromatic heterocycles. The van der Waals surface area contributed by atoms with Crippen LogP contribution in [0.2, 0.25) is 0 Å². The monoisotopic (exact) mass is 255 g/mol. The van der Waals surface area contributed by atoms with E-state index in [1.54, 1.807) is 18.2 Å². The number of carbonyl (C=O) groups is 1. The maximum Gasteiger partial charge on any atom is 0.255 e. The van der Waals surface area contributed by atoms with Crippen LogP contribution in [-0.4, -0.2) is 11.0 Å². The minimum Gasteiger partial charge on any atom is -0.508 e. The topological polar surface area (TPSA) is 49.3 Å². The molecule has 0 saturated heterocycles. The third-order valence-corrected chi connectivity index (χ3v) is 3.11. The molecule has 0 atom stereocenters. The van der Waals surface area contributed by atoms with Crippen molar-refractivity contribution in [3.05, 3.63) is 59.2 Å². The van der Waals surface area contributed by atoms with E-state index in [9.17, 15) is 9.90 Å². The molecule has 3 nitrogen and oxygen atoms in total. The maximum atomic E-state index is 12.2. The highest BCUT2D eigenvalue weighted by Gasteiger charge is 2.10. The molecule has 0 saturated carbocycles. The second-order valence-corrected chi connectivity index (χ2v) is 4.47. The SMILES string of the molecule is CCc1ccccc1C(=O)Nc1ccc(C)c(O)c1. The lowest BCUT2D eigenvalue weighted by molar-refractivity contribution is 0.102. The van der Waals surface area contributed by atoms with Gasteiger partial charge in [0.05, 0.1) is 0 Å². The Hall–Kier alpha value is -2.29. The van der Waals surface area contributed by atoms with Crippen molar-refractivity contribution in [2.75, 3.05) is 5.32 Å². The zero-order chi connectivity index (χ0) is 13.8. The van der Waals surface area contributed by atoms with Crippen molar-refractivity contribution in [1.82, 2.24) is 0 Å². The first kappa shape index (κ1) is 13.1. The van der Waals surface area contributed by atoms with Crippen LogP contribution in [0.3, 0.4) is 0 Å². The Labute approximate surface area is 112 Å². The Bertz CT molecular complexity index is 605. The molecule has 19 heavy (non-hydrogen) atoms. The molecule has 0 aliphatic heterocycles. The van der Waals surface area contributed by atoms with Crippen LogP contribution in [0.1, 0.15) is 28.4 Å². The number of hydrogen-bond acceptors (Lipinski definition) is 2. The van der Waals surface area contributed by atoms with Gasteiger partial charge in [-0.15, -0.1) is 0 Å². The Balaban J connectivity index is 2.23.